The molecule has 0 amide bonds. The Morgan fingerprint density at radius 3 is 1.27 bits per heavy atom. The molecule has 0 saturated carbocycles. The van der Waals surface area contributed by atoms with Crippen molar-refractivity contribution in [2.24, 2.45) is 0 Å². The van der Waals surface area contributed by atoms with Gasteiger partial charge in [0.2, 0.25) is 0 Å². The average molecular weight is 666 g/mol. The highest BCUT2D eigenvalue weighted by molar-refractivity contribution is 5.91. The average Bonchev–Trinajstić information content (AvgIpc) is 2.86. The van der Waals surface area contributed by atoms with E-state index in [1.165, 1.54) is 0 Å². The van der Waals surface area contributed by atoms with Crippen molar-refractivity contribution >= 4 is 11.9 Å². The second kappa shape index (κ2) is 13.0. The Balaban J connectivity index is 1.78. The first-order valence-electron chi connectivity index (χ1n) is 17.4. The Morgan fingerprint density at radius 1 is 0.646 bits per heavy atom. The van der Waals surface area contributed by atoms with Crippen LogP contribution in [-0.4, -0.2) is 57.4 Å². The second-order valence-corrected chi connectivity index (χ2v) is 19.2. The topological polar surface area (TPSA) is 96.3 Å². The van der Waals surface area contributed by atoms with Gasteiger partial charge in [0, 0.05) is 52.7 Å². The summed E-state index contributed by atoms with van der Waals surface area (Å²) in [6, 6.07) is 7.05. The van der Waals surface area contributed by atoms with Gasteiger partial charge in [0.05, 0.1) is 11.1 Å². The molecule has 268 valence electrons. The fraction of sp³-hybridized carbons (Fsp3) is 0.659. The number of ether oxygens (including phenoxy) is 2. The number of carbonyl (C=O) groups is 2. The Bertz CT molecular complexity index is 1430. The predicted molar refractivity (Wildman–Crippen MR) is 195 cm³/mol. The van der Waals surface area contributed by atoms with Crippen LogP contribution in [0.2, 0.25) is 0 Å². The summed E-state index contributed by atoms with van der Waals surface area (Å²) in [6.07, 6.45) is 0.928. The van der Waals surface area contributed by atoms with Gasteiger partial charge >= 0.3 is 11.9 Å². The van der Waals surface area contributed by atoms with Crippen molar-refractivity contribution in [3.63, 3.8) is 0 Å². The third kappa shape index (κ3) is 8.74. The van der Waals surface area contributed by atoms with Gasteiger partial charge in [-0.05, 0) is 73.6 Å². The maximum atomic E-state index is 13.7. The molecule has 2 aromatic carbocycles. The van der Waals surface area contributed by atoms with Crippen LogP contribution in [0.15, 0.2) is 24.3 Å². The lowest BCUT2D eigenvalue weighted by atomic mass is 9.77. The van der Waals surface area contributed by atoms with Crippen LogP contribution < -0.4 is 0 Å². The van der Waals surface area contributed by atoms with Gasteiger partial charge in [-0.3, -0.25) is 4.90 Å². The number of likely N-dealkylation sites (tertiary alicyclic amines) is 1. The Hall–Kier alpha value is -3.06. The van der Waals surface area contributed by atoms with Crippen LogP contribution in [0.5, 0.6) is 11.5 Å². The fourth-order valence-electron chi connectivity index (χ4n) is 7.24. The molecule has 48 heavy (non-hydrogen) atoms. The van der Waals surface area contributed by atoms with E-state index in [1.54, 1.807) is 24.3 Å². The monoisotopic (exact) mass is 665 g/mol. The van der Waals surface area contributed by atoms with Gasteiger partial charge in [0.1, 0.15) is 24.2 Å². The van der Waals surface area contributed by atoms with Crippen LogP contribution in [0.4, 0.5) is 0 Å². The molecule has 0 atom stereocenters. The number of phenols is 2. The summed E-state index contributed by atoms with van der Waals surface area (Å²) in [7, 11) is 0. The number of benzene rings is 2. The van der Waals surface area contributed by atoms with E-state index in [4.69, 9.17) is 9.47 Å². The smallest absolute Gasteiger partial charge is 0.338 e. The van der Waals surface area contributed by atoms with Crippen LogP contribution in [0.25, 0.3) is 0 Å². The molecule has 0 radical (unpaired) electrons. The van der Waals surface area contributed by atoms with Crippen LogP contribution in [0, 0.1) is 0 Å². The van der Waals surface area contributed by atoms with Gasteiger partial charge in [-0.2, -0.15) is 0 Å². The van der Waals surface area contributed by atoms with Crippen molar-refractivity contribution in [1.82, 2.24) is 4.90 Å². The molecule has 2 N–H and O–H groups in total. The zero-order valence-corrected chi connectivity index (χ0v) is 32.7. The van der Waals surface area contributed by atoms with E-state index in [2.05, 4.69) is 32.6 Å². The lowest BCUT2D eigenvalue weighted by Crippen LogP contribution is -2.63. The molecule has 1 fully saturated rings. The van der Waals surface area contributed by atoms with Crippen LogP contribution in [-0.2, 0) is 31.1 Å². The van der Waals surface area contributed by atoms with Crippen LogP contribution in [0.3, 0.4) is 0 Å². The standard InChI is InChI=1S/C41H63NO6/c1-36(2,3)28-19-25(20-29(32(28)43)37(4,5)6)34(45)47-18-17-42-40(13,14)23-27(24-41(42,15)16)48-35(46)26-21-30(38(7,8)9)33(44)31(22-26)39(10,11)12/h19-22,27,43-44H,17-18,23-24H2,1-16H3. The van der Waals surface area contributed by atoms with Crippen molar-refractivity contribution in [3.05, 3.63) is 57.6 Å². The summed E-state index contributed by atoms with van der Waals surface area (Å²) in [5.74, 6) is -0.336. The Kier molecular flexibility index (Phi) is 10.7. The molecule has 0 unspecified atom stereocenters. The second-order valence-electron chi connectivity index (χ2n) is 19.2. The van der Waals surface area contributed by atoms with Crippen molar-refractivity contribution in [1.29, 1.82) is 0 Å². The molecule has 1 aliphatic heterocycles. The summed E-state index contributed by atoms with van der Waals surface area (Å²) in [6.45, 7) is 33.5. The SMILES string of the molecule is CC(C)(C)c1cc(C(=O)OCCN2C(C)(C)CC(OC(=O)c3cc(C(C)(C)C)c(O)c(C(C)(C)C)c3)CC2(C)C)cc(C(C)(C)C)c1O. The van der Waals surface area contributed by atoms with E-state index in [-0.39, 0.29) is 62.9 Å². The number of carbonyl (C=O) groups excluding carboxylic acids is 2. The first-order valence-corrected chi connectivity index (χ1v) is 17.4. The molecule has 0 bridgehead atoms. The summed E-state index contributed by atoms with van der Waals surface area (Å²) in [4.78, 5) is 29.4. The van der Waals surface area contributed by atoms with Crippen molar-refractivity contribution in [3.8, 4) is 11.5 Å². The molecule has 0 aromatic heterocycles. The number of phenolic OH excluding ortho intramolecular Hbond substituents is 2. The van der Waals surface area contributed by atoms with Gasteiger partial charge in [-0.25, -0.2) is 9.59 Å². The Labute approximate surface area is 290 Å². The molecule has 0 spiro atoms. The highest BCUT2D eigenvalue weighted by Gasteiger charge is 2.46. The van der Waals surface area contributed by atoms with E-state index in [0.717, 1.165) is 22.3 Å². The molecule has 0 aliphatic carbocycles. The number of nitrogens with zero attached hydrogens (tertiary/aromatic N) is 1. The minimum atomic E-state index is -0.413. The lowest BCUT2D eigenvalue weighted by molar-refractivity contribution is -0.0927. The zero-order chi connectivity index (χ0) is 37.0. The fourth-order valence-corrected chi connectivity index (χ4v) is 7.24. The van der Waals surface area contributed by atoms with Crippen LogP contribution in [0.1, 0.15) is 167 Å². The number of esters is 2. The number of hydrogen-bond donors (Lipinski definition) is 2. The van der Waals surface area contributed by atoms with E-state index < -0.39 is 5.97 Å². The maximum Gasteiger partial charge on any atom is 0.338 e. The van der Waals surface area contributed by atoms with Gasteiger partial charge < -0.3 is 19.7 Å². The molecular weight excluding hydrogens is 602 g/mol. The summed E-state index contributed by atoms with van der Waals surface area (Å²) < 4.78 is 12.1. The molecule has 7 heteroatoms. The van der Waals surface area contributed by atoms with Crippen molar-refractivity contribution in [2.75, 3.05) is 13.2 Å². The van der Waals surface area contributed by atoms with Gasteiger partial charge in [0.15, 0.2) is 0 Å². The summed E-state index contributed by atoms with van der Waals surface area (Å²) in [5, 5.41) is 22.2. The first kappa shape index (κ1) is 39.4. The molecule has 7 nitrogen and oxygen atoms in total. The minimum Gasteiger partial charge on any atom is -0.507 e. The van der Waals surface area contributed by atoms with E-state index in [1.807, 2.05) is 83.1 Å². The largest absolute Gasteiger partial charge is 0.507 e. The zero-order valence-electron chi connectivity index (χ0n) is 32.7. The normalized spacial score (nSPS) is 17.7. The third-order valence-electron chi connectivity index (χ3n) is 9.66. The van der Waals surface area contributed by atoms with Gasteiger partial charge in [-0.15, -0.1) is 0 Å². The minimum absolute atomic E-state index is 0.200. The Morgan fingerprint density at radius 2 is 0.958 bits per heavy atom. The number of aromatic hydroxyl groups is 2. The predicted octanol–water partition coefficient (Wildman–Crippen LogP) is 9.32. The molecule has 1 heterocycles. The third-order valence-corrected chi connectivity index (χ3v) is 9.66. The molecule has 3 rings (SSSR count). The van der Waals surface area contributed by atoms with Crippen molar-refractivity contribution < 1.29 is 29.3 Å². The van der Waals surface area contributed by atoms with E-state index in [0.29, 0.717) is 30.5 Å². The number of piperidine rings is 1. The molecule has 1 aliphatic rings. The first-order chi connectivity index (χ1) is 21.5. The highest BCUT2D eigenvalue weighted by Crippen LogP contribution is 2.43. The summed E-state index contributed by atoms with van der Waals surface area (Å²) >= 11 is 0. The summed E-state index contributed by atoms with van der Waals surface area (Å²) in [5.41, 5.74) is 1.66. The highest BCUT2D eigenvalue weighted by atomic mass is 16.5. The number of hydrogen-bond acceptors (Lipinski definition) is 7. The quantitative estimate of drug-likeness (QED) is 0.297. The molecule has 2 aromatic rings. The lowest BCUT2D eigenvalue weighted by Gasteiger charge is -2.54. The van der Waals surface area contributed by atoms with Gasteiger partial charge in [-0.1, -0.05) is 83.1 Å². The van der Waals surface area contributed by atoms with E-state index in [9.17, 15) is 19.8 Å². The molecule has 1 saturated heterocycles. The van der Waals surface area contributed by atoms with Gasteiger partial charge in [0.25, 0.3) is 0 Å². The molecular formula is C41H63NO6. The number of rotatable bonds is 6. The van der Waals surface area contributed by atoms with E-state index >= 15 is 0 Å². The van der Waals surface area contributed by atoms with Crippen molar-refractivity contribution in [2.45, 2.75) is 162 Å². The van der Waals surface area contributed by atoms with Crippen LogP contribution >= 0.6 is 0 Å². The maximum absolute atomic E-state index is 13.7.